The van der Waals surface area contributed by atoms with Gasteiger partial charge in [-0.2, -0.15) is 0 Å². The third-order valence-corrected chi connectivity index (χ3v) is 1.43. The molecular weight excluding hydrogens is 122 g/mol. The summed E-state index contributed by atoms with van der Waals surface area (Å²) in [6, 6.07) is 8.28. The van der Waals surface area contributed by atoms with Crippen LogP contribution in [-0.4, -0.2) is 0 Å². The van der Waals surface area contributed by atoms with Crippen LogP contribution in [0.2, 0.25) is 0 Å². The van der Waals surface area contributed by atoms with Crippen LogP contribution in [0.15, 0.2) is 24.3 Å². The van der Waals surface area contributed by atoms with E-state index in [1.54, 1.807) is 0 Å². The van der Waals surface area contributed by atoms with Crippen molar-refractivity contribution in [3.63, 3.8) is 0 Å². The van der Waals surface area contributed by atoms with Crippen LogP contribution in [-0.2, 0) is 6.54 Å². The molecule has 0 aliphatic rings. The molecule has 2 radical (unpaired) electrons. The van der Waals surface area contributed by atoms with Crippen molar-refractivity contribution in [2.24, 2.45) is 0 Å². The quantitative estimate of drug-likeness (QED) is 0.606. The highest BCUT2D eigenvalue weighted by Crippen LogP contribution is 2.01. The van der Waals surface area contributed by atoms with E-state index in [1.165, 1.54) is 11.1 Å². The van der Waals surface area contributed by atoms with Crippen molar-refractivity contribution >= 4 is 0 Å². The van der Waals surface area contributed by atoms with Crippen LogP contribution in [0.3, 0.4) is 0 Å². The van der Waals surface area contributed by atoms with Gasteiger partial charge in [-0.05, 0) is 12.5 Å². The summed E-state index contributed by atoms with van der Waals surface area (Å²) in [4.78, 5) is 0. The Morgan fingerprint density at radius 1 is 1.30 bits per heavy atom. The normalized spacial score (nSPS) is 9.80. The molecule has 1 heteroatoms. The molecule has 1 nitrogen and oxygen atoms in total. The van der Waals surface area contributed by atoms with E-state index in [1.807, 2.05) is 0 Å². The molecular formula is C9H11N. The minimum absolute atomic E-state index is 0.736. The molecule has 0 amide bonds. The first kappa shape index (κ1) is 7.29. The predicted molar refractivity (Wildman–Crippen MR) is 42.3 cm³/mol. The molecule has 0 heterocycles. The van der Waals surface area contributed by atoms with Gasteiger partial charge in [0.2, 0.25) is 0 Å². The Hall–Kier alpha value is -0.820. The van der Waals surface area contributed by atoms with Gasteiger partial charge >= 0.3 is 0 Å². The summed E-state index contributed by atoms with van der Waals surface area (Å²) < 4.78 is 0. The number of benzene rings is 1. The first-order chi connectivity index (χ1) is 4.83. The Labute approximate surface area is 62.1 Å². The summed E-state index contributed by atoms with van der Waals surface area (Å²) in [5, 5.41) is 2.60. The number of nitrogens with one attached hydrogen (secondary N) is 1. The lowest BCUT2D eigenvalue weighted by Gasteiger charge is -1.98. The van der Waals surface area contributed by atoms with E-state index < -0.39 is 0 Å². The van der Waals surface area contributed by atoms with E-state index in [0.717, 1.165) is 6.54 Å². The van der Waals surface area contributed by atoms with Gasteiger partial charge in [-0.25, -0.2) is 0 Å². The molecule has 0 saturated carbocycles. The second kappa shape index (κ2) is 3.37. The topological polar surface area (TPSA) is 12.0 Å². The Balaban J connectivity index is 2.69. The zero-order valence-electron chi connectivity index (χ0n) is 6.09. The molecule has 0 aliphatic carbocycles. The fourth-order valence-corrected chi connectivity index (χ4v) is 0.824. The van der Waals surface area contributed by atoms with Crippen molar-refractivity contribution in [2.75, 3.05) is 0 Å². The maximum absolute atomic E-state index is 5.15. The van der Waals surface area contributed by atoms with Crippen LogP contribution in [0.4, 0.5) is 0 Å². The van der Waals surface area contributed by atoms with Gasteiger partial charge < -0.3 is 5.32 Å². The van der Waals surface area contributed by atoms with E-state index in [9.17, 15) is 0 Å². The molecule has 0 saturated heterocycles. The van der Waals surface area contributed by atoms with Crippen molar-refractivity contribution in [1.82, 2.24) is 5.32 Å². The van der Waals surface area contributed by atoms with Crippen molar-refractivity contribution in [3.8, 4) is 0 Å². The highest BCUT2D eigenvalue weighted by molar-refractivity contribution is 5.20. The standard InChI is InChI=1S/C9H11N/c1-8-3-5-9(6-4-8)7-10-2/h2-6,10H,7H2,1H3. The fraction of sp³-hybridized carbons (Fsp3) is 0.222. The van der Waals surface area contributed by atoms with Gasteiger partial charge in [0.15, 0.2) is 0 Å². The maximum atomic E-state index is 5.15. The van der Waals surface area contributed by atoms with Gasteiger partial charge in [-0.3, -0.25) is 0 Å². The zero-order chi connectivity index (χ0) is 7.40. The first-order valence-corrected chi connectivity index (χ1v) is 3.32. The first-order valence-electron chi connectivity index (χ1n) is 3.32. The molecule has 0 atom stereocenters. The lowest BCUT2D eigenvalue weighted by Crippen LogP contribution is -2.01. The van der Waals surface area contributed by atoms with E-state index in [4.69, 9.17) is 7.05 Å². The summed E-state index contributed by atoms with van der Waals surface area (Å²) in [5.74, 6) is 0. The number of rotatable bonds is 2. The molecule has 1 N–H and O–H groups in total. The molecule has 1 aromatic rings. The van der Waals surface area contributed by atoms with E-state index >= 15 is 0 Å². The summed E-state index contributed by atoms with van der Waals surface area (Å²) >= 11 is 0. The lowest BCUT2D eigenvalue weighted by molar-refractivity contribution is 0.866. The molecule has 0 aromatic heterocycles. The molecule has 52 valence electrons. The number of aryl methyl sites for hydroxylation is 1. The maximum Gasteiger partial charge on any atom is 0.0410 e. The van der Waals surface area contributed by atoms with Crippen molar-refractivity contribution in [1.29, 1.82) is 0 Å². The van der Waals surface area contributed by atoms with Gasteiger partial charge in [-0.1, -0.05) is 29.8 Å². The third kappa shape index (κ3) is 1.85. The summed E-state index contributed by atoms with van der Waals surface area (Å²) in [7, 11) is 5.15. The Kier molecular flexibility index (Phi) is 2.46. The van der Waals surface area contributed by atoms with Gasteiger partial charge in [0.05, 0.1) is 0 Å². The van der Waals surface area contributed by atoms with Crippen molar-refractivity contribution in [2.45, 2.75) is 13.5 Å². The fourth-order valence-electron chi connectivity index (χ4n) is 0.824. The molecule has 10 heavy (non-hydrogen) atoms. The zero-order valence-corrected chi connectivity index (χ0v) is 6.09. The van der Waals surface area contributed by atoms with Crippen LogP contribution in [0.25, 0.3) is 0 Å². The average molecular weight is 133 g/mol. The average Bonchev–Trinajstić information content (AvgIpc) is 1.95. The smallest absolute Gasteiger partial charge is 0.0410 e. The Morgan fingerprint density at radius 3 is 2.40 bits per heavy atom. The van der Waals surface area contributed by atoms with Crippen LogP contribution < -0.4 is 5.32 Å². The SMILES string of the molecule is [CH]NCc1ccc(C)cc1. The predicted octanol–water partition coefficient (Wildman–Crippen LogP) is 1.75. The number of hydrogen-bond acceptors (Lipinski definition) is 1. The van der Waals surface area contributed by atoms with E-state index in [-0.39, 0.29) is 0 Å². The molecule has 0 bridgehead atoms. The van der Waals surface area contributed by atoms with E-state index in [0.29, 0.717) is 0 Å². The van der Waals surface area contributed by atoms with Crippen molar-refractivity contribution < 1.29 is 0 Å². The summed E-state index contributed by atoms with van der Waals surface area (Å²) in [6.45, 7) is 2.81. The van der Waals surface area contributed by atoms with Crippen LogP contribution >= 0.6 is 0 Å². The second-order valence-corrected chi connectivity index (χ2v) is 2.37. The van der Waals surface area contributed by atoms with Crippen LogP contribution in [0, 0.1) is 14.0 Å². The van der Waals surface area contributed by atoms with Gasteiger partial charge in [-0.15, -0.1) is 0 Å². The highest BCUT2D eigenvalue weighted by Gasteiger charge is 1.87. The Bertz CT molecular complexity index is 188. The summed E-state index contributed by atoms with van der Waals surface area (Å²) in [5.41, 5.74) is 2.49. The second-order valence-electron chi connectivity index (χ2n) is 2.37. The highest BCUT2D eigenvalue weighted by atomic mass is 14.8. The molecule has 0 fully saturated rings. The van der Waals surface area contributed by atoms with Crippen LogP contribution in [0.1, 0.15) is 11.1 Å². The minimum atomic E-state index is 0.736. The molecule has 0 unspecified atom stereocenters. The Morgan fingerprint density at radius 2 is 1.90 bits per heavy atom. The third-order valence-electron chi connectivity index (χ3n) is 1.43. The van der Waals surface area contributed by atoms with Crippen LogP contribution in [0.5, 0.6) is 0 Å². The van der Waals surface area contributed by atoms with Gasteiger partial charge in [0, 0.05) is 13.6 Å². The lowest BCUT2D eigenvalue weighted by atomic mass is 10.1. The van der Waals surface area contributed by atoms with Gasteiger partial charge in [0.25, 0.3) is 0 Å². The van der Waals surface area contributed by atoms with Gasteiger partial charge in [0.1, 0.15) is 0 Å². The monoisotopic (exact) mass is 133 g/mol. The number of hydrogen-bond donors (Lipinski definition) is 1. The minimum Gasteiger partial charge on any atom is -0.307 e. The summed E-state index contributed by atoms with van der Waals surface area (Å²) in [6.07, 6.45) is 0. The molecule has 1 rings (SSSR count). The largest absolute Gasteiger partial charge is 0.307 e. The van der Waals surface area contributed by atoms with Crippen molar-refractivity contribution in [3.05, 3.63) is 42.4 Å². The molecule has 1 aromatic carbocycles. The van der Waals surface area contributed by atoms with E-state index in [2.05, 4.69) is 36.5 Å². The molecule has 0 spiro atoms. The molecule has 0 aliphatic heterocycles.